The average molecular weight is 186 g/mol. The number of hydrogen-bond donors (Lipinski definition) is 0. The van der Waals surface area contributed by atoms with Crippen LogP contribution < -0.4 is 0 Å². The van der Waals surface area contributed by atoms with Crippen molar-refractivity contribution in [2.24, 2.45) is 0 Å². The molecule has 0 aliphatic carbocycles. The van der Waals surface area contributed by atoms with Gasteiger partial charge in [-0.25, -0.2) is 4.39 Å². The van der Waals surface area contributed by atoms with E-state index >= 15 is 0 Å². The molecule has 4 heteroatoms. The molecule has 0 saturated carbocycles. The Morgan fingerprint density at radius 3 is 2.85 bits per heavy atom. The molecule has 3 nitrogen and oxygen atoms in total. The first-order valence-corrected chi connectivity index (χ1v) is 4.56. The number of likely N-dealkylation sites (tertiary alicyclic amines) is 1. The summed E-state index contributed by atoms with van der Waals surface area (Å²) in [4.78, 5) is 1.97. The molecule has 0 amide bonds. The number of hydrogen-bond acceptors (Lipinski definition) is 3. The van der Waals surface area contributed by atoms with E-state index in [-0.39, 0.29) is 6.42 Å². The number of alkyl halides is 1. The smallest absolute Gasteiger partial charge is 0.149 e. The Morgan fingerprint density at radius 1 is 1.62 bits per heavy atom. The summed E-state index contributed by atoms with van der Waals surface area (Å²) in [7, 11) is 0. The zero-order chi connectivity index (χ0) is 9.73. The molecule has 1 aliphatic rings. The monoisotopic (exact) mass is 186 g/mol. The highest BCUT2D eigenvalue weighted by atomic mass is 19.1. The van der Waals surface area contributed by atoms with Crippen LogP contribution in [0.15, 0.2) is 0 Å². The van der Waals surface area contributed by atoms with Crippen LogP contribution in [-0.2, 0) is 4.74 Å². The van der Waals surface area contributed by atoms with Crippen molar-refractivity contribution >= 4 is 0 Å². The number of halogens is 1. The molecule has 0 aromatic rings. The fourth-order valence-corrected chi connectivity index (χ4v) is 1.50. The predicted octanol–water partition coefficient (Wildman–Crippen LogP) is 0.960. The van der Waals surface area contributed by atoms with E-state index in [1.54, 1.807) is 0 Å². The molecule has 13 heavy (non-hydrogen) atoms. The van der Waals surface area contributed by atoms with Crippen molar-refractivity contribution in [3.8, 4) is 6.07 Å². The molecule has 0 atom stereocenters. The van der Waals surface area contributed by atoms with Gasteiger partial charge < -0.3 is 4.74 Å². The molecule has 0 radical (unpaired) electrons. The maximum Gasteiger partial charge on any atom is 0.149 e. The van der Waals surface area contributed by atoms with Gasteiger partial charge in [-0.3, -0.25) is 4.90 Å². The minimum atomic E-state index is -1.25. The largest absolute Gasteiger partial charge is 0.380 e. The van der Waals surface area contributed by atoms with Gasteiger partial charge in [0, 0.05) is 26.2 Å². The zero-order valence-corrected chi connectivity index (χ0v) is 7.92. The molecule has 0 unspecified atom stereocenters. The lowest BCUT2D eigenvalue weighted by Crippen LogP contribution is -2.59. The third-order valence-corrected chi connectivity index (χ3v) is 2.17. The summed E-state index contributed by atoms with van der Waals surface area (Å²) in [5.74, 6) is 0. The fraction of sp³-hybridized carbons (Fsp3) is 0.889. The van der Waals surface area contributed by atoms with Crippen LogP contribution in [0.1, 0.15) is 13.3 Å². The molecule has 1 rings (SSSR count). The quantitative estimate of drug-likeness (QED) is 0.600. The number of ether oxygens (including phenoxy) is 1. The molecule has 0 aromatic carbocycles. The van der Waals surface area contributed by atoms with E-state index < -0.39 is 5.67 Å². The van der Waals surface area contributed by atoms with Gasteiger partial charge in [-0.15, -0.1) is 0 Å². The number of rotatable bonds is 5. The Hall–Kier alpha value is -0.660. The highest BCUT2D eigenvalue weighted by molar-refractivity contribution is 5.01. The van der Waals surface area contributed by atoms with Crippen molar-refractivity contribution in [3.63, 3.8) is 0 Å². The van der Waals surface area contributed by atoms with Gasteiger partial charge in [-0.2, -0.15) is 5.26 Å². The van der Waals surface area contributed by atoms with Crippen LogP contribution in [0.25, 0.3) is 0 Å². The summed E-state index contributed by atoms with van der Waals surface area (Å²) in [5, 5.41) is 8.33. The van der Waals surface area contributed by atoms with Gasteiger partial charge in [-0.1, -0.05) is 0 Å². The molecule has 74 valence electrons. The molecule has 0 bridgehead atoms. The predicted molar refractivity (Wildman–Crippen MR) is 47.0 cm³/mol. The second-order valence-electron chi connectivity index (χ2n) is 3.39. The lowest BCUT2D eigenvalue weighted by atomic mass is 9.93. The van der Waals surface area contributed by atoms with Gasteiger partial charge in [0.15, 0.2) is 0 Å². The van der Waals surface area contributed by atoms with E-state index in [1.165, 1.54) is 0 Å². The Labute approximate surface area is 78.1 Å². The first-order valence-electron chi connectivity index (χ1n) is 4.56. The van der Waals surface area contributed by atoms with E-state index in [1.807, 2.05) is 17.9 Å². The third-order valence-electron chi connectivity index (χ3n) is 2.17. The zero-order valence-electron chi connectivity index (χ0n) is 7.92. The van der Waals surface area contributed by atoms with Gasteiger partial charge in [-0.05, 0) is 6.92 Å². The van der Waals surface area contributed by atoms with E-state index in [2.05, 4.69) is 0 Å². The van der Waals surface area contributed by atoms with Crippen molar-refractivity contribution in [1.29, 1.82) is 5.26 Å². The summed E-state index contributed by atoms with van der Waals surface area (Å²) < 4.78 is 18.5. The summed E-state index contributed by atoms with van der Waals surface area (Å²) >= 11 is 0. The first kappa shape index (κ1) is 10.4. The normalized spacial score (nSPS) is 20.7. The van der Waals surface area contributed by atoms with Crippen molar-refractivity contribution < 1.29 is 9.13 Å². The summed E-state index contributed by atoms with van der Waals surface area (Å²) in [6.45, 7) is 4.82. The maximum absolute atomic E-state index is 13.4. The van der Waals surface area contributed by atoms with Crippen LogP contribution in [0, 0.1) is 11.3 Å². The van der Waals surface area contributed by atoms with Gasteiger partial charge >= 0.3 is 0 Å². The van der Waals surface area contributed by atoms with Crippen LogP contribution in [0.2, 0.25) is 0 Å². The number of nitrogens with zero attached hydrogens (tertiary/aromatic N) is 2. The second-order valence-corrected chi connectivity index (χ2v) is 3.39. The minimum Gasteiger partial charge on any atom is -0.380 e. The SMILES string of the molecule is CCOCCN1CC(F)(CC#N)C1. The topological polar surface area (TPSA) is 36.3 Å². The molecule has 1 fully saturated rings. The Bertz CT molecular complexity index is 196. The molecule has 1 saturated heterocycles. The van der Waals surface area contributed by atoms with Gasteiger partial charge in [0.2, 0.25) is 0 Å². The van der Waals surface area contributed by atoms with E-state index in [0.29, 0.717) is 26.3 Å². The van der Waals surface area contributed by atoms with E-state index in [4.69, 9.17) is 10.00 Å². The molecule has 1 aliphatic heterocycles. The lowest BCUT2D eigenvalue weighted by molar-refractivity contribution is -0.0406. The lowest BCUT2D eigenvalue weighted by Gasteiger charge is -2.43. The van der Waals surface area contributed by atoms with Gasteiger partial charge in [0.05, 0.1) is 19.1 Å². The van der Waals surface area contributed by atoms with E-state index in [0.717, 1.165) is 6.54 Å². The van der Waals surface area contributed by atoms with Crippen molar-refractivity contribution in [2.75, 3.05) is 32.8 Å². The summed E-state index contributed by atoms with van der Waals surface area (Å²) in [5.41, 5.74) is -1.25. The van der Waals surface area contributed by atoms with Crippen molar-refractivity contribution in [3.05, 3.63) is 0 Å². The molecule has 0 aromatic heterocycles. The number of nitriles is 1. The maximum atomic E-state index is 13.4. The standard InChI is InChI=1S/C9H15FN2O/c1-2-13-6-5-12-7-9(10,8-12)3-4-11/h2-3,5-8H2,1H3. The highest BCUT2D eigenvalue weighted by Gasteiger charge is 2.42. The molecule has 0 N–H and O–H groups in total. The van der Waals surface area contributed by atoms with Crippen LogP contribution in [0.5, 0.6) is 0 Å². The average Bonchev–Trinajstić information content (AvgIpc) is 2.02. The molecule has 0 spiro atoms. The third kappa shape index (κ3) is 2.94. The highest BCUT2D eigenvalue weighted by Crippen LogP contribution is 2.27. The first-order chi connectivity index (χ1) is 6.20. The molecule has 1 heterocycles. The summed E-state index contributed by atoms with van der Waals surface area (Å²) in [6.07, 6.45) is 0.0120. The van der Waals surface area contributed by atoms with Crippen LogP contribution in [0.3, 0.4) is 0 Å². The van der Waals surface area contributed by atoms with E-state index in [9.17, 15) is 4.39 Å². The Kier molecular flexibility index (Phi) is 3.64. The fourth-order valence-electron chi connectivity index (χ4n) is 1.50. The van der Waals surface area contributed by atoms with Crippen molar-refractivity contribution in [2.45, 2.75) is 19.0 Å². The summed E-state index contributed by atoms with van der Waals surface area (Å²) in [6, 6.07) is 1.87. The van der Waals surface area contributed by atoms with Gasteiger partial charge in [0.1, 0.15) is 5.67 Å². The Balaban J connectivity index is 2.08. The molecular weight excluding hydrogens is 171 g/mol. The second kappa shape index (κ2) is 4.54. The molecular formula is C9H15FN2O. The Morgan fingerprint density at radius 2 is 2.31 bits per heavy atom. The minimum absolute atomic E-state index is 0.0120. The van der Waals surface area contributed by atoms with Crippen LogP contribution >= 0.6 is 0 Å². The van der Waals surface area contributed by atoms with Crippen LogP contribution in [-0.4, -0.2) is 43.4 Å². The van der Waals surface area contributed by atoms with Crippen molar-refractivity contribution in [1.82, 2.24) is 4.90 Å². The van der Waals surface area contributed by atoms with Crippen LogP contribution in [0.4, 0.5) is 4.39 Å². The van der Waals surface area contributed by atoms with Gasteiger partial charge in [0.25, 0.3) is 0 Å².